The third kappa shape index (κ3) is 3.86. The van der Waals surface area contributed by atoms with Crippen molar-refractivity contribution in [1.82, 2.24) is 4.90 Å². The number of halogens is 1. The topological polar surface area (TPSA) is 41.9 Å². The van der Waals surface area contributed by atoms with Crippen LogP contribution in [0.4, 0.5) is 0 Å². The molecule has 0 saturated carbocycles. The van der Waals surface area contributed by atoms with Gasteiger partial charge in [0.15, 0.2) is 5.17 Å². The summed E-state index contributed by atoms with van der Waals surface area (Å²) in [6.45, 7) is 1.26. The van der Waals surface area contributed by atoms with Crippen molar-refractivity contribution in [2.75, 3.05) is 12.3 Å². The SMILES string of the molecule is O=C1/C(=C/c2cccc(OCc3ccc(Br)cc3)c2)N=C2SCCCN12. The number of thioether (sulfide) groups is 1. The molecule has 1 saturated heterocycles. The highest BCUT2D eigenvalue weighted by Gasteiger charge is 2.32. The van der Waals surface area contributed by atoms with Crippen LogP contribution in [-0.2, 0) is 11.4 Å². The molecule has 26 heavy (non-hydrogen) atoms. The molecule has 1 amide bonds. The molecule has 0 spiro atoms. The van der Waals surface area contributed by atoms with Gasteiger partial charge in [-0.2, -0.15) is 0 Å². The minimum absolute atomic E-state index is 0.00613. The van der Waals surface area contributed by atoms with Gasteiger partial charge in [0, 0.05) is 16.8 Å². The Hall–Kier alpha value is -2.05. The Morgan fingerprint density at radius 3 is 2.88 bits per heavy atom. The summed E-state index contributed by atoms with van der Waals surface area (Å²) in [5.41, 5.74) is 2.51. The zero-order valence-corrected chi connectivity index (χ0v) is 16.4. The predicted molar refractivity (Wildman–Crippen MR) is 109 cm³/mol. The Kier molecular flexibility index (Phi) is 5.13. The average molecular weight is 429 g/mol. The Labute approximate surface area is 165 Å². The van der Waals surface area contributed by atoms with Crippen LogP contribution in [0.2, 0.25) is 0 Å². The number of ether oxygens (including phenoxy) is 1. The lowest BCUT2D eigenvalue weighted by Crippen LogP contribution is -2.34. The Morgan fingerprint density at radius 1 is 1.23 bits per heavy atom. The van der Waals surface area contributed by atoms with E-state index in [9.17, 15) is 4.79 Å². The van der Waals surface area contributed by atoms with Crippen molar-refractivity contribution in [1.29, 1.82) is 0 Å². The maximum Gasteiger partial charge on any atom is 0.278 e. The van der Waals surface area contributed by atoms with Gasteiger partial charge in [0.05, 0.1) is 0 Å². The van der Waals surface area contributed by atoms with Crippen molar-refractivity contribution in [2.45, 2.75) is 13.0 Å². The van der Waals surface area contributed by atoms with Gasteiger partial charge in [-0.15, -0.1) is 0 Å². The second-order valence-electron chi connectivity index (χ2n) is 6.07. The molecule has 4 rings (SSSR count). The first-order valence-corrected chi connectivity index (χ1v) is 10.2. The molecule has 0 aliphatic carbocycles. The van der Waals surface area contributed by atoms with Crippen LogP contribution in [0.3, 0.4) is 0 Å². The van der Waals surface area contributed by atoms with Gasteiger partial charge >= 0.3 is 0 Å². The van der Waals surface area contributed by atoms with Gasteiger partial charge in [0.1, 0.15) is 18.1 Å². The molecule has 4 nitrogen and oxygen atoms in total. The summed E-state index contributed by atoms with van der Waals surface area (Å²) in [6.07, 6.45) is 2.85. The first-order valence-electron chi connectivity index (χ1n) is 8.41. The van der Waals surface area contributed by atoms with E-state index in [1.165, 1.54) is 0 Å². The Morgan fingerprint density at radius 2 is 2.08 bits per heavy atom. The van der Waals surface area contributed by atoms with Crippen LogP contribution in [0.25, 0.3) is 6.08 Å². The van der Waals surface area contributed by atoms with Crippen LogP contribution >= 0.6 is 27.7 Å². The van der Waals surface area contributed by atoms with Gasteiger partial charge in [-0.3, -0.25) is 9.69 Å². The Bertz CT molecular complexity index is 893. The first kappa shape index (κ1) is 17.4. The summed E-state index contributed by atoms with van der Waals surface area (Å²) >= 11 is 5.08. The molecular weight excluding hydrogens is 412 g/mol. The van der Waals surface area contributed by atoms with Crippen molar-refractivity contribution < 1.29 is 9.53 Å². The minimum Gasteiger partial charge on any atom is -0.489 e. The van der Waals surface area contributed by atoms with Gasteiger partial charge in [-0.1, -0.05) is 52.0 Å². The standard InChI is InChI=1S/C20H17BrN2O2S/c21-16-7-5-14(6-8-16)13-25-17-4-1-3-15(11-17)12-18-19(24)23-9-2-10-26-20(23)22-18/h1,3-8,11-12H,2,9-10,13H2/b18-12-. The predicted octanol–water partition coefficient (Wildman–Crippen LogP) is 4.70. The molecule has 0 atom stereocenters. The van der Waals surface area contributed by atoms with Gasteiger partial charge in [-0.05, 0) is 47.9 Å². The smallest absolute Gasteiger partial charge is 0.278 e. The number of aliphatic imine (C=N–C) groups is 1. The number of nitrogens with zero attached hydrogens (tertiary/aromatic N) is 2. The van der Waals surface area contributed by atoms with E-state index in [1.54, 1.807) is 16.7 Å². The fraction of sp³-hybridized carbons (Fsp3) is 0.200. The van der Waals surface area contributed by atoms with E-state index >= 15 is 0 Å². The van der Waals surface area contributed by atoms with Gasteiger partial charge in [-0.25, -0.2) is 4.99 Å². The largest absolute Gasteiger partial charge is 0.489 e. The van der Waals surface area contributed by atoms with E-state index in [1.807, 2.05) is 54.6 Å². The molecule has 2 aromatic rings. The number of carbonyl (C=O) groups excluding carboxylic acids is 1. The van der Waals surface area contributed by atoms with Crippen molar-refractivity contribution in [3.8, 4) is 5.75 Å². The van der Waals surface area contributed by atoms with Crippen LogP contribution in [0, 0.1) is 0 Å². The van der Waals surface area contributed by atoms with Gasteiger partial charge in [0.25, 0.3) is 5.91 Å². The minimum atomic E-state index is -0.00613. The molecular formula is C20H17BrN2O2S. The first-order chi connectivity index (χ1) is 12.7. The second-order valence-corrected chi connectivity index (χ2v) is 8.05. The molecule has 2 aliphatic heterocycles. The van der Waals surface area contributed by atoms with Crippen LogP contribution in [0.15, 0.2) is 63.7 Å². The molecule has 2 aromatic carbocycles. The van der Waals surface area contributed by atoms with Crippen molar-refractivity contribution in [3.05, 3.63) is 69.8 Å². The molecule has 6 heteroatoms. The van der Waals surface area contributed by atoms with E-state index < -0.39 is 0 Å². The van der Waals surface area contributed by atoms with Gasteiger partial charge < -0.3 is 4.74 Å². The lowest BCUT2D eigenvalue weighted by Gasteiger charge is -2.21. The third-order valence-corrected chi connectivity index (χ3v) is 5.74. The molecule has 0 radical (unpaired) electrons. The van der Waals surface area contributed by atoms with Crippen LogP contribution in [-0.4, -0.2) is 28.3 Å². The van der Waals surface area contributed by atoms with Crippen LogP contribution < -0.4 is 4.74 Å². The highest BCUT2D eigenvalue weighted by molar-refractivity contribution is 9.10. The van der Waals surface area contributed by atoms with Crippen molar-refractivity contribution in [3.63, 3.8) is 0 Å². The lowest BCUT2D eigenvalue weighted by atomic mass is 10.1. The number of hydrogen-bond donors (Lipinski definition) is 0. The monoisotopic (exact) mass is 428 g/mol. The zero-order chi connectivity index (χ0) is 17.9. The van der Waals surface area contributed by atoms with Crippen LogP contribution in [0.1, 0.15) is 17.5 Å². The van der Waals surface area contributed by atoms with Crippen molar-refractivity contribution >= 4 is 44.8 Å². The maximum absolute atomic E-state index is 12.5. The third-order valence-electron chi connectivity index (χ3n) is 4.15. The summed E-state index contributed by atoms with van der Waals surface area (Å²) in [5, 5.41) is 0.829. The van der Waals surface area contributed by atoms with Crippen molar-refractivity contribution in [2.24, 2.45) is 4.99 Å². The number of rotatable bonds is 4. The summed E-state index contributed by atoms with van der Waals surface area (Å²) in [6, 6.07) is 15.8. The summed E-state index contributed by atoms with van der Waals surface area (Å²) < 4.78 is 6.93. The molecule has 0 aromatic heterocycles. The fourth-order valence-electron chi connectivity index (χ4n) is 2.82. The molecule has 0 unspecified atom stereocenters. The quantitative estimate of drug-likeness (QED) is 0.662. The maximum atomic E-state index is 12.5. The lowest BCUT2D eigenvalue weighted by molar-refractivity contribution is -0.122. The molecule has 132 valence electrons. The number of amides is 1. The van der Waals surface area contributed by atoms with E-state index in [0.29, 0.717) is 12.3 Å². The van der Waals surface area contributed by atoms with E-state index in [4.69, 9.17) is 4.74 Å². The summed E-state index contributed by atoms with van der Waals surface area (Å²) in [4.78, 5) is 18.7. The van der Waals surface area contributed by atoms with Gasteiger partial charge in [0.2, 0.25) is 0 Å². The van der Waals surface area contributed by atoms with Crippen LogP contribution in [0.5, 0.6) is 5.75 Å². The highest BCUT2D eigenvalue weighted by atomic mass is 79.9. The number of carbonyl (C=O) groups is 1. The molecule has 2 heterocycles. The second kappa shape index (κ2) is 7.68. The molecule has 0 bridgehead atoms. The summed E-state index contributed by atoms with van der Waals surface area (Å²) in [5.74, 6) is 1.79. The normalized spacial score (nSPS) is 18.0. The fourth-order valence-corrected chi connectivity index (χ4v) is 4.04. The zero-order valence-electron chi connectivity index (χ0n) is 14.0. The average Bonchev–Trinajstić information content (AvgIpc) is 2.98. The molecule has 1 fully saturated rings. The number of amidine groups is 1. The number of fused-ring (bicyclic) bond motifs is 1. The van der Waals surface area contributed by atoms with E-state index in [0.717, 1.165) is 45.2 Å². The molecule has 2 aliphatic rings. The number of hydrogen-bond acceptors (Lipinski definition) is 4. The van der Waals surface area contributed by atoms with E-state index in [2.05, 4.69) is 20.9 Å². The highest BCUT2D eigenvalue weighted by Crippen LogP contribution is 2.28. The van der Waals surface area contributed by atoms with E-state index in [-0.39, 0.29) is 5.91 Å². The Balaban J connectivity index is 1.48. The summed E-state index contributed by atoms with van der Waals surface area (Å²) in [7, 11) is 0. The molecule has 0 N–H and O–H groups in total. The number of benzene rings is 2.